The molecule has 1 unspecified atom stereocenters. The lowest BCUT2D eigenvalue weighted by atomic mass is 9.90. The number of hydrogen-bond donors (Lipinski definition) is 1. The Hall–Kier alpha value is -0.300. The number of nitrogens with two attached hydrogens (primary N) is 1. The van der Waals surface area contributed by atoms with Crippen LogP contribution in [0, 0.1) is 0 Å². The molecule has 0 aliphatic heterocycles. The Labute approximate surface area is 108 Å². The Morgan fingerprint density at radius 3 is 2.53 bits per heavy atom. The molecule has 1 saturated carbocycles. The minimum Gasteiger partial charge on any atom is -0.327 e. The van der Waals surface area contributed by atoms with Crippen molar-refractivity contribution in [3.05, 3.63) is 11.6 Å². The lowest BCUT2D eigenvalue weighted by molar-refractivity contribution is 0.514. The molecule has 1 atom stereocenters. The fourth-order valence-electron chi connectivity index (χ4n) is 2.73. The smallest absolute Gasteiger partial charge is 0.00761 e. The van der Waals surface area contributed by atoms with Gasteiger partial charge in [0.1, 0.15) is 0 Å². The zero-order valence-electron chi connectivity index (χ0n) is 11.7. The third kappa shape index (κ3) is 7.59. The lowest BCUT2D eigenvalue weighted by Gasteiger charge is -2.20. The van der Waals surface area contributed by atoms with Crippen molar-refractivity contribution in [2.24, 2.45) is 5.73 Å². The Morgan fingerprint density at radius 1 is 1.12 bits per heavy atom. The summed E-state index contributed by atoms with van der Waals surface area (Å²) in [6, 6.07) is 0.448. The second-order valence-corrected chi connectivity index (χ2v) is 5.63. The molecular formula is C16H31N. The summed E-state index contributed by atoms with van der Waals surface area (Å²) in [5.41, 5.74) is 7.62. The van der Waals surface area contributed by atoms with Crippen molar-refractivity contribution >= 4 is 0 Å². The predicted octanol–water partition coefficient (Wildman–Crippen LogP) is 4.95. The average molecular weight is 237 g/mol. The minimum absolute atomic E-state index is 0.448. The van der Waals surface area contributed by atoms with Crippen LogP contribution >= 0.6 is 0 Å². The summed E-state index contributed by atoms with van der Waals surface area (Å²) in [5, 5.41) is 0. The monoisotopic (exact) mass is 237 g/mol. The van der Waals surface area contributed by atoms with Gasteiger partial charge >= 0.3 is 0 Å². The Balaban J connectivity index is 1.94. The first-order valence-electron chi connectivity index (χ1n) is 7.76. The van der Waals surface area contributed by atoms with E-state index in [1.54, 1.807) is 5.57 Å². The van der Waals surface area contributed by atoms with Gasteiger partial charge in [0, 0.05) is 6.04 Å². The fourth-order valence-corrected chi connectivity index (χ4v) is 2.73. The van der Waals surface area contributed by atoms with Crippen LogP contribution in [0.25, 0.3) is 0 Å². The molecule has 0 spiro atoms. The van der Waals surface area contributed by atoms with E-state index in [1.807, 2.05) is 0 Å². The highest BCUT2D eigenvalue weighted by molar-refractivity contribution is 5.06. The third-order valence-electron chi connectivity index (χ3n) is 3.84. The number of allylic oxidation sites excluding steroid dienone is 1. The molecule has 0 heterocycles. The molecule has 0 aromatic heterocycles. The maximum absolute atomic E-state index is 5.98. The van der Waals surface area contributed by atoms with Gasteiger partial charge in [-0.25, -0.2) is 0 Å². The molecule has 0 radical (unpaired) electrons. The van der Waals surface area contributed by atoms with Crippen molar-refractivity contribution in [2.45, 2.75) is 90.0 Å². The van der Waals surface area contributed by atoms with Gasteiger partial charge in [-0.3, -0.25) is 0 Å². The summed E-state index contributed by atoms with van der Waals surface area (Å²) in [5.74, 6) is 0. The van der Waals surface area contributed by atoms with Gasteiger partial charge in [0.05, 0.1) is 0 Å². The normalized spacial score (nSPS) is 23.2. The first-order chi connectivity index (χ1) is 8.33. The summed E-state index contributed by atoms with van der Waals surface area (Å²) in [6.07, 6.45) is 18.7. The van der Waals surface area contributed by atoms with E-state index in [2.05, 4.69) is 13.0 Å². The summed E-state index contributed by atoms with van der Waals surface area (Å²) >= 11 is 0. The maximum Gasteiger partial charge on any atom is 0.00761 e. The standard InChI is InChI=1S/C16H31N/c1-2-3-4-5-6-7-8-9-11-15-12-10-13-16(17)14-15/h11,16H,2-10,12-14,17H2,1H3. The van der Waals surface area contributed by atoms with Crippen LogP contribution in [0.1, 0.15) is 84.0 Å². The van der Waals surface area contributed by atoms with E-state index >= 15 is 0 Å². The zero-order valence-corrected chi connectivity index (χ0v) is 11.7. The molecule has 1 rings (SSSR count). The van der Waals surface area contributed by atoms with Gasteiger partial charge < -0.3 is 5.73 Å². The van der Waals surface area contributed by atoms with Crippen molar-refractivity contribution in [3.8, 4) is 0 Å². The maximum atomic E-state index is 5.98. The van der Waals surface area contributed by atoms with E-state index in [0.29, 0.717) is 6.04 Å². The molecule has 0 saturated heterocycles. The third-order valence-corrected chi connectivity index (χ3v) is 3.84. The van der Waals surface area contributed by atoms with Gasteiger partial charge in [-0.05, 0) is 38.5 Å². The van der Waals surface area contributed by atoms with Crippen LogP contribution in [-0.2, 0) is 0 Å². The van der Waals surface area contributed by atoms with E-state index in [9.17, 15) is 0 Å². The van der Waals surface area contributed by atoms with Crippen LogP contribution in [0.15, 0.2) is 11.6 Å². The molecule has 100 valence electrons. The topological polar surface area (TPSA) is 26.0 Å². The highest BCUT2D eigenvalue weighted by atomic mass is 14.6. The first kappa shape index (κ1) is 14.8. The highest BCUT2D eigenvalue weighted by Gasteiger charge is 2.11. The molecule has 17 heavy (non-hydrogen) atoms. The van der Waals surface area contributed by atoms with Gasteiger partial charge in [0.25, 0.3) is 0 Å². The Kier molecular flexibility index (Phi) is 8.42. The molecule has 1 fully saturated rings. The summed E-state index contributed by atoms with van der Waals surface area (Å²) in [6.45, 7) is 2.28. The van der Waals surface area contributed by atoms with E-state index in [4.69, 9.17) is 5.73 Å². The Bertz CT molecular complexity index is 208. The van der Waals surface area contributed by atoms with E-state index < -0.39 is 0 Å². The van der Waals surface area contributed by atoms with Crippen LogP contribution < -0.4 is 5.73 Å². The summed E-state index contributed by atoms with van der Waals surface area (Å²) in [7, 11) is 0. The molecule has 1 aliphatic carbocycles. The highest BCUT2D eigenvalue weighted by Crippen LogP contribution is 2.23. The van der Waals surface area contributed by atoms with Crippen LogP contribution in [-0.4, -0.2) is 6.04 Å². The molecule has 1 nitrogen and oxygen atoms in total. The van der Waals surface area contributed by atoms with Crippen molar-refractivity contribution in [3.63, 3.8) is 0 Å². The molecule has 1 heteroatoms. The largest absolute Gasteiger partial charge is 0.327 e. The minimum atomic E-state index is 0.448. The quantitative estimate of drug-likeness (QED) is 0.469. The average Bonchev–Trinajstić information content (AvgIpc) is 2.33. The molecule has 0 amide bonds. The van der Waals surface area contributed by atoms with Crippen LogP contribution in [0.2, 0.25) is 0 Å². The van der Waals surface area contributed by atoms with Gasteiger partial charge in [-0.1, -0.05) is 57.1 Å². The second kappa shape index (κ2) is 9.70. The number of rotatable bonds is 8. The van der Waals surface area contributed by atoms with Gasteiger partial charge in [0.15, 0.2) is 0 Å². The van der Waals surface area contributed by atoms with Gasteiger partial charge in [-0.2, -0.15) is 0 Å². The molecule has 0 aromatic rings. The zero-order chi connectivity index (χ0) is 12.3. The summed E-state index contributed by atoms with van der Waals surface area (Å²) < 4.78 is 0. The number of hydrogen-bond acceptors (Lipinski definition) is 1. The molecular weight excluding hydrogens is 206 g/mol. The van der Waals surface area contributed by atoms with E-state index in [-0.39, 0.29) is 0 Å². The number of unbranched alkanes of at least 4 members (excludes halogenated alkanes) is 7. The molecule has 0 bridgehead atoms. The van der Waals surface area contributed by atoms with Crippen molar-refractivity contribution in [1.29, 1.82) is 0 Å². The van der Waals surface area contributed by atoms with Crippen molar-refractivity contribution < 1.29 is 0 Å². The van der Waals surface area contributed by atoms with Gasteiger partial charge in [-0.15, -0.1) is 0 Å². The first-order valence-corrected chi connectivity index (χ1v) is 7.76. The van der Waals surface area contributed by atoms with Gasteiger partial charge in [0.2, 0.25) is 0 Å². The molecule has 2 N–H and O–H groups in total. The summed E-state index contributed by atoms with van der Waals surface area (Å²) in [4.78, 5) is 0. The fraction of sp³-hybridized carbons (Fsp3) is 0.875. The Morgan fingerprint density at radius 2 is 1.82 bits per heavy atom. The van der Waals surface area contributed by atoms with E-state index in [0.717, 1.165) is 6.42 Å². The van der Waals surface area contributed by atoms with E-state index in [1.165, 1.54) is 70.6 Å². The SMILES string of the molecule is CCCCCCCCCC=C1CCCC(N)C1. The molecule has 0 aromatic carbocycles. The predicted molar refractivity (Wildman–Crippen MR) is 77.1 cm³/mol. The van der Waals surface area contributed by atoms with Crippen molar-refractivity contribution in [1.82, 2.24) is 0 Å². The second-order valence-electron chi connectivity index (χ2n) is 5.63. The van der Waals surface area contributed by atoms with Crippen LogP contribution in [0.3, 0.4) is 0 Å². The van der Waals surface area contributed by atoms with Crippen LogP contribution in [0.4, 0.5) is 0 Å². The van der Waals surface area contributed by atoms with Crippen molar-refractivity contribution in [2.75, 3.05) is 0 Å². The van der Waals surface area contributed by atoms with Crippen LogP contribution in [0.5, 0.6) is 0 Å². The lowest BCUT2D eigenvalue weighted by Crippen LogP contribution is -2.23. The molecule has 1 aliphatic rings.